The molecule has 4 rings (SSSR count). The first kappa shape index (κ1) is 22.4. The maximum absolute atomic E-state index is 13.4. The normalized spacial score (nSPS) is 10.8. The quantitative estimate of drug-likeness (QED) is 0.364. The number of hydrogen-bond donors (Lipinski definition) is 1. The average molecular weight is 459 g/mol. The Morgan fingerprint density at radius 1 is 0.879 bits per heavy atom. The fraction of sp³-hybridized carbons (Fsp3) is 0.154. The Bertz CT molecular complexity index is 1320. The first-order valence-electron chi connectivity index (χ1n) is 10.7. The second-order valence-electron chi connectivity index (χ2n) is 7.40. The van der Waals surface area contributed by atoms with E-state index in [4.69, 9.17) is 16.6 Å². The van der Waals surface area contributed by atoms with Gasteiger partial charge in [-0.3, -0.25) is 9.59 Å². The van der Waals surface area contributed by atoms with Gasteiger partial charge >= 0.3 is 0 Å². The highest BCUT2D eigenvalue weighted by Crippen LogP contribution is 2.26. The van der Waals surface area contributed by atoms with Gasteiger partial charge in [0, 0.05) is 29.2 Å². The standard InChI is InChI=1S/C26H23ClN4O2/c1-3-31(4-2)25-23(28-21-12-8-9-13-22(21)29-25)26(33)30-20-15-14-18(27)16-19(20)24(32)17-10-6-5-7-11-17/h5-16H,3-4H2,1-2H3,(H,30,33). The summed E-state index contributed by atoms with van der Waals surface area (Å²) in [5.41, 5.74) is 2.70. The van der Waals surface area contributed by atoms with Gasteiger partial charge < -0.3 is 10.2 Å². The van der Waals surface area contributed by atoms with Crippen molar-refractivity contribution >= 4 is 45.8 Å². The van der Waals surface area contributed by atoms with Gasteiger partial charge in [-0.1, -0.05) is 54.1 Å². The molecule has 0 aliphatic rings. The van der Waals surface area contributed by atoms with Crippen molar-refractivity contribution in [3.8, 4) is 0 Å². The van der Waals surface area contributed by atoms with Crippen molar-refractivity contribution in [3.63, 3.8) is 0 Å². The summed E-state index contributed by atoms with van der Waals surface area (Å²) in [6.07, 6.45) is 0. The van der Waals surface area contributed by atoms with Gasteiger partial charge in [-0.15, -0.1) is 0 Å². The molecule has 0 bridgehead atoms. The lowest BCUT2D eigenvalue weighted by Crippen LogP contribution is -2.28. The molecule has 0 saturated carbocycles. The smallest absolute Gasteiger partial charge is 0.278 e. The molecule has 6 nitrogen and oxygen atoms in total. The Morgan fingerprint density at radius 3 is 2.18 bits per heavy atom. The van der Waals surface area contributed by atoms with Crippen LogP contribution in [0.2, 0.25) is 5.02 Å². The van der Waals surface area contributed by atoms with E-state index in [2.05, 4.69) is 10.3 Å². The van der Waals surface area contributed by atoms with Crippen molar-refractivity contribution < 1.29 is 9.59 Å². The van der Waals surface area contributed by atoms with E-state index in [1.165, 1.54) is 0 Å². The maximum atomic E-state index is 13.4. The number of anilines is 2. The van der Waals surface area contributed by atoms with E-state index in [-0.39, 0.29) is 11.5 Å². The monoisotopic (exact) mass is 458 g/mol. The number of nitrogens with zero attached hydrogens (tertiary/aromatic N) is 3. The number of benzene rings is 3. The molecular formula is C26H23ClN4O2. The van der Waals surface area contributed by atoms with Crippen LogP contribution in [0.25, 0.3) is 11.0 Å². The number of rotatable bonds is 7. The fourth-order valence-electron chi connectivity index (χ4n) is 3.63. The third kappa shape index (κ3) is 4.71. The molecule has 166 valence electrons. The highest BCUT2D eigenvalue weighted by molar-refractivity contribution is 6.31. The Morgan fingerprint density at radius 2 is 1.52 bits per heavy atom. The molecule has 1 N–H and O–H groups in total. The molecule has 3 aromatic carbocycles. The van der Waals surface area contributed by atoms with Crippen molar-refractivity contribution in [2.75, 3.05) is 23.3 Å². The lowest BCUT2D eigenvalue weighted by molar-refractivity contribution is 0.102. The zero-order chi connectivity index (χ0) is 23.4. The van der Waals surface area contributed by atoms with Crippen molar-refractivity contribution in [3.05, 3.63) is 94.6 Å². The first-order chi connectivity index (χ1) is 16.0. The molecule has 0 unspecified atom stereocenters. The van der Waals surface area contributed by atoms with Gasteiger partial charge in [-0.2, -0.15) is 0 Å². The van der Waals surface area contributed by atoms with Crippen molar-refractivity contribution in [2.45, 2.75) is 13.8 Å². The molecular weight excluding hydrogens is 436 g/mol. The minimum atomic E-state index is -0.445. The highest BCUT2D eigenvalue weighted by atomic mass is 35.5. The van der Waals surface area contributed by atoms with Crippen LogP contribution in [0.5, 0.6) is 0 Å². The zero-order valence-electron chi connectivity index (χ0n) is 18.4. The van der Waals surface area contributed by atoms with Crippen LogP contribution in [-0.4, -0.2) is 34.7 Å². The summed E-state index contributed by atoms with van der Waals surface area (Å²) in [6.45, 7) is 5.33. The van der Waals surface area contributed by atoms with Crippen molar-refractivity contribution in [1.82, 2.24) is 9.97 Å². The van der Waals surface area contributed by atoms with Gasteiger partial charge in [0.05, 0.1) is 16.7 Å². The summed E-state index contributed by atoms with van der Waals surface area (Å²) >= 11 is 6.18. The topological polar surface area (TPSA) is 75.2 Å². The van der Waals surface area contributed by atoms with Gasteiger partial charge in [0.1, 0.15) is 0 Å². The zero-order valence-corrected chi connectivity index (χ0v) is 19.1. The van der Waals surface area contributed by atoms with E-state index in [1.807, 2.05) is 49.1 Å². The van der Waals surface area contributed by atoms with E-state index < -0.39 is 5.91 Å². The average Bonchev–Trinajstić information content (AvgIpc) is 2.85. The van der Waals surface area contributed by atoms with Crippen LogP contribution in [0.15, 0.2) is 72.8 Å². The number of halogens is 1. The summed E-state index contributed by atoms with van der Waals surface area (Å²) in [5.74, 6) is -0.178. The second kappa shape index (κ2) is 9.79. The summed E-state index contributed by atoms with van der Waals surface area (Å²) < 4.78 is 0. The van der Waals surface area contributed by atoms with Crippen LogP contribution in [0, 0.1) is 0 Å². The third-order valence-corrected chi connectivity index (χ3v) is 5.58. The summed E-state index contributed by atoms with van der Waals surface area (Å²) in [4.78, 5) is 37.9. The maximum Gasteiger partial charge on any atom is 0.278 e. The Kier molecular flexibility index (Phi) is 6.66. The summed E-state index contributed by atoms with van der Waals surface area (Å²) in [6, 6.07) is 21.1. The Balaban J connectivity index is 1.76. The van der Waals surface area contributed by atoms with Crippen LogP contribution >= 0.6 is 11.6 Å². The molecule has 0 aliphatic heterocycles. The number of amides is 1. The number of hydrogen-bond acceptors (Lipinski definition) is 5. The van der Waals surface area contributed by atoms with E-state index in [1.54, 1.807) is 42.5 Å². The van der Waals surface area contributed by atoms with E-state index in [9.17, 15) is 9.59 Å². The Hall–Kier alpha value is -3.77. The number of carbonyl (C=O) groups is 2. The van der Waals surface area contributed by atoms with E-state index in [0.29, 0.717) is 51.8 Å². The van der Waals surface area contributed by atoms with Crippen LogP contribution in [0.1, 0.15) is 40.3 Å². The lowest BCUT2D eigenvalue weighted by Gasteiger charge is -2.22. The number of nitrogens with one attached hydrogen (secondary N) is 1. The fourth-order valence-corrected chi connectivity index (χ4v) is 3.80. The molecule has 4 aromatic rings. The van der Waals surface area contributed by atoms with Crippen molar-refractivity contribution in [2.24, 2.45) is 0 Å². The lowest BCUT2D eigenvalue weighted by atomic mass is 10.0. The largest absolute Gasteiger partial charge is 0.355 e. The van der Waals surface area contributed by atoms with Crippen LogP contribution < -0.4 is 10.2 Å². The van der Waals surface area contributed by atoms with Crippen molar-refractivity contribution in [1.29, 1.82) is 0 Å². The van der Waals surface area contributed by atoms with E-state index in [0.717, 1.165) is 0 Å². The molecule has 0 saturated heterocycles. The highest BCUT2D eigenvalue weighted by Gasteiger charge is 2.22. The summed E-state index contributed by atoms with van der Waals surface area (Å²) in [5, 5.41) is 3.27. The van der Waals surface area contributed by atoms with Crippen LogP contribution in [0.4, 0.5) is 11.5 Å². The number of ketones is 1. The molecule has 1 heterocycles. The van der Waals surface area contributed by atoms with E-state index >= 15 is 0 Å². The van der Waals surface area contributed by atoms with Crippen LogP contribution in [-0.2, 0) is 0 Å². The molecule has 0 fully saturated rings. The SMILES string of the molecule is CCN(CC)c1nc2ccccc2nc1C(=O)Nc1ccc(Cl)cc1C(=O)c1ccccc1. The second-order valence-corrected chi connectivity index (χ2v) is 7.83. The third-order valence-electron chi connectivity index (χ3n) is 5.34. The molecule has 7 heteroatoms. The molecule has 1 aromatic heterocycles. The molecule has 0 radical (unpaired) electrons. The minimum absolute atomic E-state index is 0.200. The minimum Gasteiger partial charge on any atom is -0.355 e. The number of fused-ring (bicyclic) bond motifs is 1. The van der Waals surface area contributed by atoms with Gasteiger partial charge in [0.2, 0.25) is 0 Å². The molecule has 33 heavy (non-hydrogen) atoms. The Labute approximate surface area is 197 Å². The number of para-hydroxylation sites is 2. The summed E-state index contributed by atoms with van der Waals surface area (Å²) in [7, 11) is 0. The molecule has 0 aliphatic carbocycles. The van der Waals surface area contributed by atoms with Gasteiger partial charge in [0.25, 0.3) is 5.91 Å². The first-order valence-corrected chi connectivity index (χ1v) is 11.1. The number of aromatic nitrogens is 2. The van der Waals surface area contributed by atoms with Gasteiger partial charge in [0.15, 0.2) is 17.3 Å². The molecule has 1 amide bonds. The molecule has 0 atom stereocenters. The van der Waals surface area contributed by atoms with Gasteiger partial charge in [-0.25, -0.2) is 9.97 Å². The van der Waals surface area contributed by atoms with Gasteiger partial charge in [-0.05, 0) is 44.2 Å². The predicted molar refractivity (Wildman–Crippen MR) is 132 cm³/mol. The molecule has 0 spiro atoms. The number of carbonyl (C=O) groups excluding carboxylic acids is 2. The van der Waals surface area contributed by atoms with Crippen LogP contribution in [0.3, 0.4) is 0 Å². The predicted octanol–water partition coefficient (Wildman–Crippen LogP) is 5.61.